The van der Waals surface area contributed by atoms with Crippen LogP contribution in [-0.4, -0.2) is 15.0 Å². The van der Waals surface area contributed by atoms with E-state index < -0.39 is 78.4 Å². The molecular formula is C15H11N3. The first-order valence-corrected chi connectivity index (χ1v) is 4.84. The van der Waals surface area contributed by atoms with Crippen molar-refractivity contribution in [1.82, 2.24) is 15.0 Å². The zero-order valence-corrected chi connectivity index (χ0v) is 8.84. The van der Waals surface area contributed by atoms with E-state index >= 15 is 0 Å². The van der Waals surface area contributed by atoms with Crippen molar-refractivity contribution in [3.63, 3.8) is 0 Å². The van der Waals surface area contributed by atoms with Gasteiger partial charge in [0.15, 0.2) is 11.6 Å². The smallest absolute Gasteiger partial charge is 0.163 e. The van der Waals surface area contributed by atoms with Gasteiger partial charge in [0, 0.05) is 11.1 Å². The lowest BCUT2D eigenvalue weighted by atomic mass is 10.2. The number of hydrogen-bond acceptors (Lipinski definition) is 3. The standard InChI is InChI=1S/C15H11N3/c1-3-7-12(8-4-1)14-16-11-17-15(18-14)13-9-5-2-6-10-13/h1-11H/i1D,2D,3D,4D,5D,6D,7D,8D,9D,10D,11D. The average molecular weight is 244 g/mol. The van der Waals surface area contributed by atoms with Gasteiger partial charge < -0.3 is 0 Å². The van der Waals surface area contributed by atoms with Crippen LogP contribution >= 0.6 is 0 Å². The van der Waals surface area contributed by atoms with Crippen molar-refractivity contribution in [1.29, 1.82) is 0 Å². The molecule has 3 heteroatoms. The first-order chi connectivity index (χ1) is 13.5. The fourth-order valence-corrected chi connectivity index (χ4v) is 1.22. The van der Waals surface area contributed by atoms with Crippen molar-refractivity contribution >= 4 is 0 Å². The van der Waals surface area contributed by atoms with Gasteiger partial charge in [-0.05, 0) is 0 Å². The molecule has 0 spiro atoms. The molecule has 0 aliphatic heterocycles. The highest BCUT2D eigenvalue weighted by molar-refractivity contribution is 5.60. The van der Waals surface area contributed by atoms with Gasteiger partial charge in [-0.1, -0.05) is 60.4 Å². The van der Waals surface area contributed by atoms with E-state index in [4.69, 9.17) is 15.1 Å². The summed E-state index contributed by atoms with van der Waals surface area (Å²) in [6.45, 7) is 0. The van der Waals surface area contributed by atoms with Crippen LogP contribution in [0.5, 0.6) is 0 Å². The largest absolute Gasteiger partial charge is 0.217 e. The van der Waals surface area contributed by atoms with Crippen LogP contribution in [0.4, 0.5) is 0 Å². The molecule has 0 bridgehead atoms. The summed E-state index contributed by atoms with van der Waals surface area (Å²) in [6.07, 6.45) is -0.663. The van der Waals surface area contributed by atoms with E-state index in [9.17, 15) is 0 Å². The van der Waals surface area contributed by atoms with Crippen molar-refractivity contribution in [3.05, 3.63) is 66.7 Å². The van der Waals surface area contributed by atoms with Crippen molar-refractivity contribution in [2.75, 3.05) is 0 Å². The van der Waals surface area contributed by atoms with Gasteiger partial charge >= 0.3 is 0 Å². The maximum atomic E-state index is 8.01. The van der Waals surface area contributed by atoms with E-state index in [1.807, 2.05) is 0 Å². The molecule has 0 saturated heterocycles. The van der Waals surface area contributed by atoms with Crippen LogP contribution in [0.1, 0.15) is 15.1 Å². The minimum Gasteiger partial charge on any atom is -0.217 e. The Morgan fingerprint density at radius 3 is 1.56 bits per heavy atom. The molecule has 0 radical (unpaired) electrons. The summed E-state index contributed by atoms with van der Waals surface area (Å²) >= 11 is 0. The zero-order chi connectivity index (χ0) is 21.8. The van der Waals surface area contributed by atoms with Crippen LogP contribution in [0.15, 0.2) is 66.7 Å². The summed E-state index contributed by atoms with van der Waals surface area (Å²) in [5.41, 5.74) is -0.777. The number of benzene rings is 2. The molecule has 3 nitrogen and oxygen atoms in total. The first kappa shape index (κ1) is 3.99. The number of aromatic nitrogens is 3. The summed E-state index contributed by atoms with van der Waals surface area (Å²) in [5, 5.41) is 0. The Morgan fingerprint density at radius 1 is 0.667 bits per heavy atom. The maximum absolute atomic E-state index is 8.01. The van der Waals surface area contributed by atoms with Gasteiger partial charge in [-0.2, -0.15) is 0 Å². The maximum Gasteiger partial charge on any atom is 0.163 e. The van der Waals surface area contributed by atoms with Gasteiger partial charge in [-0.3, -0.25) is 0 Å². The topological polar surface area (TPSA) is 38.7 Å². The lowest BCUT2D eigenvalue weighted by molar-refractivity contribution is 1.07. The fraction of sp³-hybridized carbons (Fsp3) is 0. The molecule has 0 aliphatic rings. The molecule has 0 aliphatic carbocycles. The van der Waals surface area contributed by atoms with Crippen molar-refractivity contribution in [2.24, 2.45) is 0 Å². The highest BCUT2D eigenvalue weighted by atomic mass is 15.0. The van der Waals surface area contributed by atoms with E-state index in [0.717, 1.165) is 0 Å². The molecule has 2 aromatic carbocycles. The molecule has 86 valence electrons. The lowest BCUT2D eigenvalue weighted by Gasteiger charge is -2.02. The highest BCUT2D eigenvalue weighted by Crippen LogP contribution is 2.18. The molecule has 0 fully saturated rings. The van der Waals surface area contributed by atoms with Crippen LogP contribution in [0, 0.1) is 0 Å². The molecule has 1 heterocycles. The second-order valence-corrected chi connectivity index (χ2v) is 3.08. The third kappa shape index (κ3) is 2.11. The minimum absolute atomic E-state index is 0.388. The van der Waals surface area contributed by atoms with Crippen LogP contribution in [0.3, 0.4) is 0 Å². The fourth-order valence-electron chi connectivity index (χ4n) is 1.22. The van der Waals surface area contributed by atoms with Crippen LogP contribution in [-0.2, 0) is 0 Å². The Balaban J connectivity index is 2.37. The normalized spacial score (nSPS) is 18.8. The Morgan fingerprint density at radius 2 is 1.11 bits per heavy atom. The molecule has 0 unspecified atom stereocenters. The van der Waals surface area contributed by atoms with E-state index in [1.165, 1.54) is 0 Å². The average Bonchev–Trinajstić information content (AvgIpc) is 2.67. The Kier molecular flexibility index (Phi) is 1.05. The van der Waals surface area contributed by atoms with Gasteiger partial charge in [0.1, 0.15) is 7.67 Å². The monoisotopic (exact) mass is 244 g/mol. The lowest BCUT2D eigenvalue weighted by Crippen LogP contribution is -1.94. The zero-order valence-electron chi connectivity index (χ0n) is 19.8. The molecule has 0 N–H and O–H groups in total. The van der Waals surface area contributed by atoms with Gasteiger partial charge in [-0.25, -0.2) is 15.0 Å². The van der Waals surface area contributed by atoms with Gasteiger partial charge in [0.25, 0.3) is 0 Å². The molecule has 3 aromatic rings. The summed E-state index contributed by atoms with van der Waals surface area (Å²) < 4.78 is 86.1. The third-order valence-corrected chi connectivity index (χ3v) is 1.97. The number of hydrogen-bond donors (Lipinski definition) is 0. The van der Waals surface area contributed by atoms with E-state index in [0.29, 0.717) is 0 Å². The number of nitrogens with zero attached hydrogens (tertiary/aromatic N) is 3. The van der Waals surface area contributed by atoms with Crippen molar-refractivity contribution in [3.8, 4) is 22.8 Å². The highest BCUT2D eigenvalue weighted by Gasteiger charge is 2.04. The Bertz CT molecular complexity index is 1030. The summed E-state index contributed by atoms with van der Waals surface area (Å²) in [4.78, 5) is 11.4. The van der Waals surface area contributed by atoms with Crippen molar-refractivity contribution in [2.45, 2.75) is 0 Å². The third-order valence-electron chi connectivity index (χ3n) is 1.97. The van der Waals surface area contributed by atoms with E-state index in [1.54, 1.807) is 0 Å². The summed E-state index contributed by atoms with van der Waals surface area (Å²) in [6, 6.07) is -6.15. The first-order valence-electron chi connectivity index (χ1n) is 10.3. The molecule has 0 amide bonds. The minimum atomic E-state index is -0.663. The van der Waals surface area contributed by atoms with E-state index in [2.05, 4.69) is 15.0 Å². The quantitative estimate of drug-likeness (QED) is 0.695. The van der Waals surface area contributed by atoms with Crippen LogP contribution in [0.25, 0.3) is 22.8 Å². The molecule has 0 saturated carbocycles. The van der Waals surface area contributed by atoms with Crippen LogP contribution in [0.2, 0.25) is 0 Å². The van der Waals surface area contributed by atoms with Gasteiger partial charge in [0.2, 0.25) is 0 Å². The molecule has 0 atom stereocenters. The van der Waals surface area contributed by atoms with Gasteiger partial charge in [-0.15, -0.1) is 0 Å². The molecule has 3 rings (SSSR count). The molecule has 1 aromatic heterocycles. The second kappa shape index (κ2) is 4.75. The predicted molar refractivity (Wildman–Crippen MR) is 70.7 cm³/mol. The van der Waals surface area contributed by atoms with E-state index in [-0.39, 0.29) is 11.1 Å². The number of rotatable bonds is 2. The van der Waals surface area contributed by atoms with Crippen molar-refractivity contribution < 1.29 is 15.1 Å². The SMILES string of the molecule is [2H]c1nc(-c2c([2H])c([2H])c([2H])c([2H])c2[2H])nc(-c2c([2H])c([2H])c([2H])c([2H])c2[2H])n1. The second-order valence-electron chi connectivity index (χ2n) is 3.08. The van der Waals surface area contributed by atoms with Crippen LogP contribution < -0.4 is 0 Å². The Hall–Kier alpha value is -2.55. The summed E-state index contributed by atoms with van der Waals surface area (Å²) in [5.74, 6) is -0.882. The predicted octanol–water partition coefficient (Wildman–Crippen LogP) is 3.21. The summed E-state index contributed by atoms with van der Waals surface area (Å²) in [7, 11) is 0. The molecular weight excluding hydrogens is 222 g/mol. The van der Waals surface area contributed by atoms with Gasteiger partial charge in [0.05, 0.1) is 13.7 Å². The molecule has 18 heavy (non-hydrogen) atoms. The Labute approximate surface area is 121 Å².